The molecule has 0 saturated heterocycles. The van der Waals surface area contributed by atoms with Gasteiger partial charge in [-0.3, -0.25) is 0 Å². The Hall–Kier alpha value is -0.880. The summed E-state index contributed by atoms with van der Waals surface area (Å²) in [6.45, 7) is 5.15. The van der Waals surface area contributed by atoms with Gasteiger partial charge in [-0.25, -0.2) is 9.97 Å². The highest BCUT2D eigenvalue weighted by molar-refractivity contribution is 9.10. The Bertz CT molecular complexity index is 369. The van der Waals surface area contributed by atoms with Gasteiger partial charge in [0.15, 0.2) is 0 Å². The quantitative estimate of drug-likeness (QED) is 0.834. The number of aromatic nitrogens is 2. The lowest BCUT2D eigenvalue weighted by atomic mass is 10.3. The molecule has 0 spiro atoms. The summed E-state index contributed by atoms with van der Waals surface area (Å²) < 4.78 is 0.930. The Morgan fingerprint density at radius 3 is 2.56 bits per heavy atom. The largest absolute Gasteiger partial charge is 0.372 e. The molecule has 0 radical (unpaired) electrons. The van der Waals surface area contributed by atoms with Crippen LogP contribution in [0.3, 0.4) is 0 Å². The van der Waals surface area contributed by atoms with E-state index in [1.807, 2.05) is 7.05 Å². The molecule has 5 nitrogen and oxygen atoms in total. The second-order valence-corrected chi connectivity index (χ2v) is 5.14. The van der Waals surface area contributed by atoms with E-state index in [-0.39, 0.29) is 0 Å². The molecule has 0 aliphatic carbocycles. The van der Waals surface area contributed by atoms with E-state index in [0.29, 0.717) is 0 Å². The van der Waals surface area contributed by atoms with Crippen LogP contribution < -0.4 is 10.2 Å². The maximum Gasteiger partial charge on any atom is 0.148 e. The lowest BCUT2D eigenvalue weighted by Gasteiger charge is -2.24. The van der Waals surface area contributed by atoms with E-state index < -0.39 is 0 Å². The maximum absolute atomic E-state index is 4.37. The van der Waals surface area contributed by atoms with Crippen LogP contribution in [-0.2, 0) is 0 Å². The molecule has 0 unspecified atom stereocenters. The van der Waals surface area contributed by atoms with Crippen LogP contribution in [-0.4, -0.2) is 55.6 Å². The molecule has 0 amide bonds. The Balaban J connectivity index is 2.75. The zero-order chi connectivity index (χ0) is 13.5. The highest BCUT2D eigenvalue weighted by Gasteiger charge is 2.13. The predicted molar refractivity (Wildman–Crippen MR) is 80.3 cm³/mol. The molecule has 0 fully saturated rings. The Morgan fingerprint density at radius 2 is 2.00 bits per heavy atom. The summed E-state index contributed by atoms with van der Waals surface area (Å²) in [6, 6.07) is 0. The zero-order valence-electron chi connectivity index (χ0n) is 11.6. The van der Waals surface area contributed by atoms with E-state index in [0.717, 1.165) is 42.2 Å². The van der Waals surface area contributed by atoms with Gasteiger partial charge in [0, 0.05) is 20.1 Å². The van der Waals surface area contributed by atoms with Gasteiger partial charge in [0.1, 0.15) is 22.4 Å². The Labute approximate surface area is 118 Å². The molecule has 0 aliphatic heterocycles. The van der Waals surface area contributed by atoms with Gasteiger partial charge in [-0.2, -0.15) is 0 Å². The molecule has 6 heteroatoms. The van der Waals surface area contributed by atoms with Crippen molar-refractivity contribution in [1.82, 2.24) is 14.9 Å². The third kappa shape index (κ3) is 4.10. The number of anilines is 2. The van der Waals surface area contributed by atoms with Gasteiger partial charge in [0.05, 0.1) is 0 Å². The van der Waals surface area contributed by atoms with Crippen LogP contribution in [0.5, 0.6) is 0 Å². The fourth-order valence-electron chi connectivity index (χ4n) is 1.75. The SMILES string of the molecule is CCN(CCCN(C)C)c1ncnc(NC)c1Br. The van der Waals surface area contributed by atoms with Gasteiger partial charge in [-0.05, 0) is 49.9 Å². The van der Waals surface area contributed by atoms with Crippen LogP contribution >= 0.6 is 15.9 Å². The molecule has 1 aromatic heterocycles. The first-order chi connectivity index (χ1) is 8.60. The van der Waals surface area contributed by atoms with Gasteiger partial charge >= 0.3 is 0 Å². The Kier molecular flexibility index (Phi) is 6.35. The first-order valence-corrected chi connectivity index (χ1v) is 6.97. The molecule has 18 heavy (non-hydrogen) atoms. The molecule has 0 saturated carbocycles. The third-order valence-corrected chi connectivity index (χ3v) is 3.45. The summed E-state index contributed by atoms with van der Waals surface area (Å²) in [4.78, 5) is 13.0. The molecule has 0 atom stereocenters. The number of rotatable bonds is 7. The number of halogens is 1. The zero-order valence-corrected chi connectivity index (χ0v) is 13.2. The van der Waals surface area contributed by atoms with Gasteiger partial charge < -0.3 is 15.1 Å². The van der Waals surface area contributed by atoms with E-state index in [2.05, 4.69) is 62.0 Å². The molecule has 1 aromatic rings. The molecular formula is C12H22BrN5. The highest BCUT2D eigenvalue weighted by Crippen LogP contribution is 2.28. The predicted octanol–water partition coefficient (Wildman–Crippen LogP) is 2.06. The number of nitrogens with one attached hydrogen (secondary N) is 1. The smallest absolute Gasteiger partial charge is 0.148 e. The maximum atomic E-state index is 4.37. The van der Waals surface area contributed by atoms with Crippen molar-refractivity contribution in [2.75, 3.05) is 51.0 Å². The average Bonchev–Trinajstić information content (AvgIpc) is 2.35. The fraction of sp³-hybridized carbons (Fsp3) is 0.667. The minimum Gasteiger partial charge on any atom is -0.372 e. The fourth-order valence-corrected chi connectivity index (χ4v) is 2.40. The average molecular weight is 316 g/mol. The van der Waals surface area contributed by atoms with Gasteiger partial charge in [-0.15, -0.1) is 0 Å². The van der Waals surface area contributed by atoms with Crippen LogP contribution in [0.15, 0.2) is 10.8 Å². The van der Waals surface area contributed by atoms with E-state index in [9.17, 15) is 0 Å². The van der Waals surface area contributed by atoms with Gasteiger partial charge in [0.25, 0.3) is 0 Å². The van der Waals surface area contributed by atoms with E-state index >= 15 is 0 Å². The van der Waals surface area contributed by atoms with Crippen molar-refractivity contribution >= 4 is 27.6 Å². The van der Waals surface area contributed by atoms with Crippen LogP contribution in [0.4, 0.5) is 11.6 Å². The van der Waals surface area contributed by atoms with E-state index in [1.165, 1.54) is 0 Å². The third-order valence-electron chi connectivity index (χ3n) is 2.72. The summed E-state index contributed by atoms with van der Waals surface area (Å²) in [5.41, 5.74) is 0. The second kappa shape index (κ2) is 7.53. The summed E-state index contributed by atoms with van der Waals surface area (Å²) in [7, 11) is 6.05. The van der Waals surface area contributed by atoms with Crippen molar-refractivity contribution < 1.29 is 0 Å². The first kappa shape index (κ1) is 15.2. The van der Waals surface area contributed by atoms with Crippen LogP contribution in [0, 0.1) is 0 Å². The van der Waals surface area contributed by atoms with Crippen LogP contribution in [0.2, 0.25) is 0 Å². The van der Waals surface area contributed by atoms with E-state index in [1.54, 1.807) is 6.33 Å². The molecule has 0 aromatic carbocycles. The van der Waals surface area contributed by atoms with Crippen LogP contribution in [0.25, 0.3) is 0 Å². The van der Waals surface area contributed by atoms with Crippen molar-refractivity contribution in [2.45, 2.75) is 13.3 Å². The molecule has 1 rings (SSSR count). The topological polar surface area (TPSA) is 44.3 Å². The minimum atomic E-state index is 0.825. The number of nitrogens with zero attached hydrogens (tertiary/aromatic N) is 4. The normalized spacial score (nSPS) is 10.8. The highest BCUT2D eigenvalue weighted by atomic mass is 79.9. The van der Waals surface area contributed by atoms with Crippen molar-refractivity contribution in [1.29, 1.82) is 0 Å². The summed E-state index contributed by atoms with van der Waals surface area (Å²) in [6.07, 6.45) is 2.71. The lowest BCUT2D eigenvalue weighted by molar-refractivity contribution is 0.400. The van der Waals surface area contributed by atoms with Crippen molar-refractivity contribution in [3.8, 4) is 0 Å². The molecule has 102 valence electrons. The summed E-state index contributed by atoms with van der Waals surface area (Å²) in [5.74, 6) is 1.78. The van der Waals surface area contributed by atoms with Gasteiger partial charge in [-0.1, -0.05) is 0 Å². The second-order valence-electron chi connectivity index (χ2n) is 4.35. The molecule has 1 heterocycles. The molecule has 0 aliphatic rings. The lowest BCUT2D eigenvalue weighted by Crippen LogP contribution is -2.28. The number of hydrogen-bond donors (Lipinski definition) is 1. The Morgan fingerprint density at radius 1 is 1.28 bits per heavy atom. The van der Waals surface area contributed by atoms with Crippen molar-refractivity contribution in [2.24, 2.45) is 0 Å². The van der Waals surface area contributed by atoms with Crippen molar-refractivity contribution in [3.63, 3.8) is 0 Å². The standard InChI is InChI=1S/C12H22BrN5/c1-5-18(8-6-7-17(3)4)12-10(13)11(14-2)15-9-16-12/h9H,5-8H2,1-4H3,(H,14,15,16). The molecular weight excluding hydrogens is 294 g/mol. The van der Waals surface area contributed by atoms with Crippen LogP contribution in [0.1, 0.15) is 13.3 Å². The summed E-state index contributed by atoms with van der Waals surface area (Å²) in [5, 5.41) is 3.06. The van der Waals surface area contributed by atoms with Crippen molar-refractivity contribution in [3.05, 3.63) is 10.8 Å². The van der Waals surface area contributed by atoms with Gasteiger partial charge in [0.2, 0.25) is 0 Å². The monoisotopic (exact) mass is 315 g/mol. The first-order valence-electron chi connectivity index (χ1n) is 6.18. The number of hydrogen-bond acceptors (Lipinski definition) is 5. The minimum absolute atomic E-state index is 0.825. The summed E-state index contributed by atoms with van der Waals surface area (Å²) >= 11 is 3.56. The molecule has 0 bridgehead atoms. The van der Waals surface area contributed by atoms with E-state index in [4.69, 9.17) is 0 Å². The molecule has 1 N–H and O–H groups in total.